The van der Waals surface area contributed by atoms with Gasteiger partial charge in [-0.3, -0.25) is 9.59 Å². The van der Waals surface area contributed by atoms with Crippen molar-refractivity contribution in [2.75, 3.05) is 47.5 Å². The number of carboxylic acids is 1. The summed E-state index contributed by atoms with van der Waals surface area (Å²) >= 11 is 0. The van der Waals surface area contributed by atoms with E-state index in [0.717, 1.165) is 109 Å². The van der Waals surface area contributed by atoms with E-state index in [1.807, 2.05) is 21.1 Å². The molecule has 0 saturated heterocycles. The van der Waals surface area contributed by atoms with Crippen molar-refractivity contribution < 1.29 is 42.9 Å². The highest BCUT2D eigenvalue weighted by molar-refractivity contribution is 5.70. The van der Waals surface area contributed by atoms with Crippen LogP contribution in [0.3, 0.4) is 0 Å². The first kappa shape index (κ1) is 84.7. The molecule has 0 N–H and O–H groups in total. The molecule has 0 spiro atoms. The number of hydrogen-bond acceptors (Lipinski definition) is 8. The van der Waals surface area contributed by atoms with Crippen LogP contribution in [0.15, 0.2) is 122 Å². The first-order valence-electron chi connectivity index (χ1n) is 36.7. The van der Waals surface area contributed by atoms with E-state index < -0.39 is 24.3 Å². The summed E-state index contributed by atoms with van der Waals surface area (Å²) in [5.74, 6) is -2.29. The molecule has 89 heavy (non-hydrogen) atoms. The number of quaternary nitrogens is 1. The molecule has 2 atom stereocenters. The van der Waals surface area contributed by atoms with Gasteiger partial charge in [-0.05, 0) is 103 Å². The normalized spacial score (nSPS) is 13.4. The molecule has 9 heteroatoms. The van der Waals surface area contributed by atoms with Gasteiger partial charge in [-0.1, -0.05) is 315 Å². The minimum absolute atomic E-state index is 0.142. The smallest absolute Gasteiger partial charge is 0.306 e. The number of nitrogens with zero attached hydrogens (tertiary/aromatic N) is 1. The van der Waals surface area contributed by atoms with Crippen LogP contribution in [0.5, 0.6) is 0 Å². The molecule has 2 unspecified atom stereocenters. The summed E-state index contributed by atoms with van der Waals surface area (Å²) in [6.45, 7) is 4.53. The van der Waals surface area contributed by atoms with Gasteiger partial charge in [0.15, 0.2) is 12.4 Å². The number of carbonyl (C=O) groups is 3. The van der Waals surface area contributed by atoms with Crippen LogP contribution in [-0.2, 0) is 33.3 Å². The van der Waals surface area contributed by atoms with Crippen LogP contribution >= 0.6 is 0 Å². The van der Waals surface area contributed by atoms with Crippen LogP contribution in [0.4, 0.5) is 0 Å². The van der Waals surface area contributed by atoms with Gasteiger partial charge in [0.2, 0.25) is 0 Å². The Labute approximate surface area is 548 Å². The molecular weight excluding hydrogens is 1100 g/mol. The van der Waals surface area contributed by atoms with Crippen molar-refractivity contribution in [1.82, 2.24) is 0 Å². The lowest BCUT2D eigenvalue weighted by Gasteiger charge is -2.26. The van der Waals surface area contributed by atoms with E-state index in [4.69, 9.17) is 18.9 Å². The van der Waals surface area contributed by atoms with Gasteiger partial charge in [0, 0.05) is 12.8 Å². The lowest BCUT2D eigenvalue weighted by Crippen LogP contribution is -2.44. The van der Waals surface area contributed by atoms with Crippen molar-refractivity contribution in [3.8, 4) is 0 Å². The molecule has 0 fully saturated rings. The molecule has 510 valence electrons. The molecule has 0 heterocycles. The minimum atomic E-state index is -1.63. The highest BCUT2D eigenvalue weighted by Crippen LogP contribution is 2.18. The molecule has 0 amide bonds. The number of hydrogen-bond donors (Lipinski definition) is 0. The zero-order valence-electron chi connectivity index (χ0n) is 58.3. The number of esters is 2. The first-order chi connectivity index (χ1) is 43.6. The molecule has 0 aliphatic carbocycles. The maximum atomic E-state index is 12.9. The molecule has 0 aromatic rings. The molecule has 0 rings (SSSR count). The number of carbonyl (C=O) groups excluding carboxylic acids is 3. The molecular formula is C80H137NO8. The first-order valence-corrected chi connectivity index (χ1v) is 36.7. The second-order valence-corrected chi connectivity index (χ2v) is 25.5. The lowest BCUT2D eigenvalue weighted by molar-refractivity contribution is -0.870. The maximum Gasteiger partial charge on any atom is 0.306 e. The topological polar surface area (TPSA) is 111 Å². The highest BCUT2D eigenvalue weighted by atomic mass is 16.7. The number of unbranched alkanes of at least 4 members (excludes halogenated alkanes) is 32. The highest BCUT2D eigenvalue weighted by Gasteiger charge is 2.22. The van der Waals surface area contributed by atoms with Gasteiger partial charge in [-0.15, -0.1) is 0 Å². The van der Waals surface area contributed by atoms with Crippen LogP contribution in [0.2, 0.25) is 0 Å². The quantitative estimate of drug-likeness (QED) is 0.0195. The fraction of sp³-hybridized carbons (Fsp3) is 0.713. The molecule has 0 saturated carbocycles. The standard InChI is InChI=1S/C80H137NO8/c1-6-8-10-12-14-16-18-20-22-24-26-28-30-32-34-35-36-37-38-39-40-41-42-43-45-46-48-50-52-54-56-58-60-62-64-66-68-70-77(82)87-74-76(75-88-80(79(84)85)86-73-72-81(3,4)5)89-78(83)71-69-67-65-63-61-59-57-55-53-51-49-47-44-33-31-29-27-25-23-21-19-17-15-13-11-9-7-2/h8-11,14-17,20-23,26-29,33,44,49,51,76,80H,6-7,12-13,18-19,24-25,30-32,34-43,45-48,50,52-75H2,1-5H3/b10-8-,11-9-,16-14-,17-15-,22-20-,23-21-,28-26-,29-27-,44-33-,51-49-. The Morgan fingerprint density at radius 3 is 0.899 bits per heavy atom. The van der Waals surface area contributed by atoms with E-state index in [9.17, 15) is 19.5 Å². The van der Waals surface area contributed by atoms with Crippen LogP contribution in [0, 0.1) is 0 Å². The Kier molecular flexibility index (Phi) is 66.2. The summed E-state index contributed by atoms with van der Waals surface area (Å²) in [6.07, 6.45) is 95.8. The van der Waals surface area contributed by atoms with E-state index in [2.05, 4.69) is 135 Å². The van der Waals surface area contributed by atoms with Crippen molar-refractivity contribution >= 4 is 17.9 Å². The summed E-state index contributed by atoms with van der Waals surface area (Å²) in [5.41, 5.74) is 0. The fourth-order valence-electron chi connectivity index (χ4n) is 10.2. The molecule has 0 aliphatic rings. The van der Waals surface area contributed by atoms with Gasteiger partial charge in [0.25, 0.3) is 0 Å². The number of aliphatic carboxylic acids is 1. The summed E-state index contributed by atoms with van der Waals surface area (Å²) in [5, 5.41) is 11.8. The Balaban J connectivity index is 4.06. The second-order valence-electron chi connectivity index (χ2n) is 25.5. The van der Waals surface area contributed by atoms with Crippen LogP contribution in [0.1, 0.15) is 309 Å². The number of ether oxygens (including phenoxy) is 4. The molecule has 0 aliphatic heterocycles. The van der Waals surface area contributed by atoms with Gasteiger partial charge in [-0.2, -0.15) is 0 Å². The SMILES string of the molecule is CC/C=C\C/C=C\C/C=C\C/C=C\C/C=C\C/C=C\CCCCCCCCCCC(=O)OC(COC(=O)CCCCCCCCCCCCCCCCCCCCCCCCCC/C=C\C/C=C\C/C=C\C/C=C\CC)COC(OCC[N+](C)(C)C)C(=O)[O-]. The average molecular weight is 1240 g/mol. The molecule has 0 aromatic carbocycles. The molecule has 0 bridgehead atoms. The summed E-state index contributed by atoms with van der Waals surface area (Å²) < 4.78 is 22.8. The summed E-state index contributed by atoms with van der Waals surface area (Å²) in [6, 6.07) is 0. The van der Waals surface area contributed by atoms with E-state index in [1.54, 1.807) is 0 Å². The zero-order chi connectivity index (χ0) is 64.7. The minimum Gasteiger partial charge on any atom is -0.545 e. The van der Waals surface area contributed by atoms with Crippen LogP contribution < -0.4 is 5.11 Å². The van der Waals surface area contributed by atoms with Crippen molar-refractivity contribution in [3.63, 3.8) is 0 Å². The Bertz CT molecular complexity index is 1880. The fourth-order valence-corrected chi connectivity index (χ4v) is 10.2. The maximum absolute atomic E-state index is 12.9. The monoisotopic (exact) mass is 1240 g/mol. The Hall–Kier alpha value is -4.31. The van der Waals surface area contributed by atoms with Gasteiger partial charge in [0.05, 0.1) is 40.3 Å². The second kappa shape index (κ2) is 69.6. The van der Waals surface area contributed by atoms with E-state index in [0.29, 0.717) is 17.4 Å². The number of likely N-dealkylation sites (N-methyl/N-ethyl adjacent to an activating group) is 1. The number of carboxylic acid groups (broad SMARTS) is 1. The van der Waals surface area contributed by atoms with Gasteiger partial charge >= 0.3 is 11.9 Å². The van der Waals surface area contributed by atoms with Crippen molar-refractivity contribution in [3.05, 3.63) is 122 Å². The van der Waals surface area contributed by atoms with E-state index in [1.165, 1.54) is 167 Å². The summed E-state index contributed by atoms with van der Waals surface area (Å²) in [7, 11) is 5.93. The van der Waals surface area contributed by atoms with Crippen molar-refractivity contribution in [2.45, 2.75) is 322 Å². The molecule has 0 radical (unpaired) electrons. The van der Waals surface area contributed by atoms with E-state index in [-0.39, 0.29) is 38.6 Å². The van der Waals surface area contributed by atoms with Gasteiger partial charge < -0.3 is 33.3 Å². The number of allylic oxidation sites excluding steroid dienone is 20. The third-order valence-corrected chi connectivity index (χ3v) is 15.7. The third kappa shape index (κ3) is 71.0. The van der Waals surface area contributed by atoms with E-state index >= 15 is 0 Å². The van der Waals surface area contributed by atoms with Crippen LogP contribution in [0.25, 0.3) is 0 Å². The predicted molar refractivity (Wildman–Crippen MR) is 380 cm³/mol. The van der Waals surface area contributed by atoms with Crippen molar-refractivity contribution in [1.29, 1.82) is 0 Å². The summed E-state index contributed by atoms with van der Waals surface area (Å²) in [4.78, 5) is 37.5. The average Bonchev–Trinajstić information content (AvgIpc) is 3.64. The van der Waals surface area contributed by atoms with Gasteiger partial charge in [0.1, 0.15) is 13.2 Å². The van der Waals surface area contributed by atoms with Crippen molar-refractivity contribution in [2.24, 2.45) is 0 Å². The van der Waals surface area contributed by atoms with Gasteiger partial charge in [-0.25, -0.2) is 0 Å². The Morgan fingerprint density at radius 2 is 0.607 bits per heavy atom. The zero-order valence-corrected chi connectivity index (χ0v) is 58.3. The largest absolute Gasteiger partial charge is 0.545 e. The third-order valence-electron chi connectivity index (χ3n) is 15.7. The molecule has 9 nitrogen and oxygen atoms in total. The Morgan fingerprint density at radius 1 is 0.337 bits per heavy atom. The number of rotatable bonds is 67. The predicted octanol–water partition coefficient (Wildman–Crippen LogP) is 21.8. The molecule has 0 aromatic heterocycles. The lowest BCUT2D eigenvalue weighted by atomic mass is 10.0. The van der Waals surface area contributed by atoms with Crippen LogP contribution in [-0.4, -0.2) is 82.3 Å².